The third-order valence-corrected chi connectivity index (χ3v) is 4.61. The average molecular weight is 437 g/mol. The number of para-hydroxylation sites is 2. The molecule has 4 rings (SSSR count). The van der Waals surface area contributed by atoms with Crippen LogP contribution in [0.5, 0.6) is 0 Å². The van der Waals surface area contributed by atoms with Crippen molar-refractivity contribution in [3.05, 3.63) is 72.2 Å². The fourth-order valence-corrected chi connectivity index (χ4v) is 3.08. The molecule has 0 spiro atoms. The molecule has 4 aromatic rings. The van der Waals surface area contributed by atoms with Crippen LogP contribution in [0.4, 0.5) is 0 Å². The molecule has 1 atom stereocenters. The molecule has 0 saturated heterocycles. The highest BCUT2D eigenvalue weighted by Crippen LogP contribution is 2.20. The van der Waals surface area contributed by atoms with E-state index in [1.165, 1.54) is 0 Å². The van der Waals surface area contributed by atoms with Crippen LogP contribution in [0, 0.1) is 0 Å². The summed E-state index contributed by atoms with van der Waals surface area (Å²) in [5, 5.41) is 7.81. The summed E-state index contributed by atoms with van der Waals surface area (Å²) >= 11 is 0. The van der Waals surface area contributed by atoms with E-state index >= 15 is 0 Å². The predicted molar refractivity (Wildman–Crippen MR) is 130 cm³/mol. The van der Waals surface area contributed by atoms with Crippen LogP contribution in [0.1, 0.15) is 48.8 Å². The summed E-state index contributed by atoms with van der Waals surface area (Å²) in [7, 11) is 1.74. The van der Waals surface area contributed by atoms with Crippen LogP contribution in [0.25, 0.3) is 21.9 Å². The first kappa shape index (κ1) is 25.0. The number of hydrogen-bond donors (Lipinski definition) is 2. The van der Waals surface area contributed by atoms with E-state index in [0.717, 1.165) is 28.5 Å². The van der Waals surface area contributed by atoms with Gasteiger partial charge in [-0.05, 0) is 44.8 Å². The van der Waals surface area contributed by atoms with Gasteiger partial charge in [-0.3, -0.25) is 9.59 Å². The van der Waals surface area contributed by atoms with E-state index in [9.17, 15) is 9.59 Å². The highest BCUT2D eigenvalue weighted by Gasteiger charge is 2.18. The number of furan rings is 2. The fraction of sp³-hybridized carbons (Fsp3) is 0.308. The van der Waals surface area contributed by atoms with Crippen LogP contribution < -0.4 is 10.6 Å². The summed E-state index contributed by atoms with van der Waals surface area (Å²) in [6, 6.07) is 18.6. The third-order valence-electron chi connectivity index (χ3n) is 4.61. The minimum Gasteiger partial charge on any atom is -0.453 e. The van der Waals surface area contributed by atoms with Gasteiger partial charge in [0.05, 0.1) is 12.6 Å². The Morgan fingerprint density at radius 1 is 0.875 bits per heavy atom. The van der Waals surface area contributed by atoms with Crippen molar-refractivity contribution >= 4 is 33.5 Å². The molecule has 2 N–H and O–H groups in total. The zero-order chi connectivity index (χ0) is 23.5. The second-order valence-electron chi connectivity index (χ2n) is 6.89. The van der Waals surface area contributed by atoms with Crippen LogP contribution in [0.15, 0.2) is 69.5 Å². The second-order valence-corrected chi connectivity index (χ2v) is 6.89. The van der Waals surface area contributed by atoms with Crippen LogP contribution in [-0.4, -0.2) is 37.7 Å². The number of benzene rings is 2. The lowest BCUT2D eigenvalue weighted by Crippen LogP contribution is -2.33. The molecule has 2 aromatic heterocycles. The van der Waals surface area contributed by atoms with Crippen LogP contribution in [0.3, 0.4) is 0 Å². The maximum atomic E-state index is 11.9. The van der Waals surface area contributed by atoms with Gasteiger partial charge in [0.1, 0.15) is 11.2 Å². The lowest BCUT2D eigenvalue weighted by Gasteiger charge is -2.08. The Kier molecular flexibility index (Phi) is 9.85. The summed E-state index contributed by atoms with van der Waals surface area (Å²) in [5.74, 6) is 0.817. The molecule has 2 heterocycles. The van der Waals surface area contributed by atoms with Gasteiger partial charge in [-0.25, -0.2) is 0 Å². The molecule has 0 amide bonds. The number of nitrogens with one attached hydrogen (secondary N) is 2. The van der Waals surface area contributed by atoms with Crippen LogP contribution in [-0.2, 0) is 0 Å². The van der Waals surface area contributed by atoms with E-state index < -0.39 is 0 Å². The summed E-state index contributed by atoms with van der Waals surface area (Å²) in [4.78, 5) is 23.4. The second kappa shape index (κ2) is 12.6. The lowest BCUT2D eigenvalue weighted by atomic mass is 10.1. The van der Waals surface area contributed by atoms with E-state index in [1.54, 1.807) is 19.2 Å². The molecule has 6 nitrogen and oxygen atoms in total. The summed E-state index contributed by atoms with van der Waals surface area (Å²) in [6.07, 6.45) is 0. The Hall–Kier alpha value is -3.22. The molecule has 0 aliphatic carbocycles. The molecule has 0 bridgehead atoms. The molecule has 32 heavy (non-hydrogen) atoms. The maximum absolute atomic E-state index is 11.9. The van der Waals surface area contributed by atoms with Crippen LogP contribution in [0.2, 0.25) is 0 Å². The van der Waals surface area contributed by atoms with Crippen molar-refractivity contribution < 1.29 is 18.4 Å². The van der Waals surface area contributed by atoms with Gasteiger partial charge >= 0.3 is 0 Å². The van der Waals surface area contributed by atoms with E-state index in [4.69, 9.17) is 8.83 Å². The number of carbonyl (C=O) groups excluding carboxylic acids is 2. The number of ketones is 2. The topological polar surface area (TPSA) is 84.5 Å². The Morgan fingerprint density at radius 2 is 1.38 bits per heavy atom. The zero-order valence-corrected chi connectivity index (χ0v) is 19.4. The van der Waals surface area contributed by atoms with Crippen LogP contribution >= 0.6 is 0 Å². The molecule has 0 fully saturated rings. The molecule has 6 heteroatoms. The van der Waals surface area contributed by atoms with Crippen molar-refractivity contribution in [2.75, 3.05) is 20.1 Å². The van der Waals surface area contributed by atoms with Gasteiger partial charge in [0.15, 0.2) is 11.5 Å². The molecular formula is C26H32N2O4. The first-order chi connectivity index (χ1) is 15.5. The minimum atomic E-state index is -0.203. The van der Waals surface area contributed by atoms with Gasteiger partial charge in [0.25, 0.3) is 0 Å². The summed E-state index contributed by atoms with van der Waals surface area (Å²) in [5.41, 5.74) is 1.52. The highest BCUT2D eigenvalue weighted by atomic mass is 16.3. The maximum Gasteiger partial charge on any atom is 0.214 e. The van der Waals surface area contributed by atoms with Crippen molar-refractivity contribution in [1.82, 2.24) is 10.6 Å². The Bertz CT molecular complexity index is 1080. The zero-order valence-electron chi connectivity index (χ0n) is 19.4. The largest absolute Gasteiger partial charge is 0.453 e. The Morgan fingerprint density at radius 3 is 1.88 bits per heavy atom. The quantitative estimate of drug-likeness (QED) is 0.374. The van der Waals surface area contributed by atoms with Crippen molar-refractivity contribution in [3.8, 4) is 0 Å². The normalized spacial score (nSPS) is 11.3. The molecule has 0 saturated carbocycles. The number of likely N-dealkylation sites (N-methyl/N-ethyl adjacent to an activating group) is 2. The molecule has 0 aliphatic heterocycles. The Labute approximate surface area is 189 Å². The van der Waals surface area contributed by atoms with E-state index in [1.807, 2.05) is 76.2 Å². The average Bonchev–Trinajstić information content (AvgIpc) is 3.45. The van der Waals surface area contributed by atoms with Gasteiger partial charge in [0, 0.05) is 10.8 Å². The van der Waals surface area contributed by atoms with Gasteiger partial charge in [0.2, 0.25) is 11.6 Å². The molecule has 0 aliphatic rings. The first-order valence-electron chi connectivity index (χ1n) is 11.0. The minimum absolute atomic E-state index is 0.00181. The SMILES string of the molecule is CC.CCNC(C)C(=O)c1cc2ccccc2o1.CNCC(=O)c1cc2ccccc2o1. The van der Waals surface area contributed by atoms with Gasteiger partial charge < -0.3 is 19.5 Å². The van der Waals surface area contributed by atoms with E-state index in [0.29, 0.717) is 18.1 Å². The number of carbonyl (C=O) groups is 2. The first-order valence-corrected chi connectivity index (χ1v) is 11.0. The van der Waals surface area contributed by atoms with Crippen molar-refractivity contribution in [2.45, 2.75) is 33.7 Å². The van der Waals surface area contributed by atoms with Crippen molar-refractivity contribution in [1.29, 1.82) is 0 Å². The standard InChI is InChI=1S/C13H15NO2.C11H11NO2.C2H6/c1-3-14-9(2)13(15)12-8-10-6-4-5-7-11(10)16-12;1-12-7-9(13)11-6-8-4-2-3-5-10(8)14-11;1-2/h4-9,14H,3H2,1-2H3;2-6,12H,7H2,1H3;1-2H3. The molecule has 1 unspecified atom stereocenters. The summed E-state index contributed by atoms with van der Waals surface area (Å²) < 4.78 is 10.9. The molecule has 2 aromatic carbocycles. The number of fused-ring (bicyclic) bond motifs is 2. The van der Waals surface area contributed by atoms with E-state index in [-0.39, 0.29) is 17.6 Å². The monoisotopic (exact) mass is 436 g/mol. The van der Waals surface area contributed by atoms with Gasteiger partial charge in [-0.1, -0.05) is 57.2 Å². The van der Waals surface area contributed by atoms with Gasteiger partial charge in [-0.2, -0.15) is 0 Å². The highest BCUT2D eigenvalue weighted by molar-refractivity contribution is 6.00. The molecular weight excluding hydrogens is 404 g/mol. The van der Waals surface area contributed by atoms with Gasteiger partial charge in [-0.15, -0.1) is 0 Å². The number of Topliss-reactive ketones (excluding diaryl/α,β-unsaturated/α-hetero) is 2. The van der Waals surface area contributed by atoms with Crippen molar-refractivity contribution in [3.63, 3.8) is 0 Å². The number of hydrogen-bond acceptors (Lipinski definition) is 6. The predicted octanol–water partition coefficient (Wildman–Crippen LogP) is 5.47. The molecule has 0 radical (unpaired) electrons. The smallest absolute Gasteiger partial charge is 0.214 e. The lowest BCUT2D eigenvalue weighted by molar-refractivity contribution is 0.0925. The Balaban J connectivity index is 0.000000212. The van der Waals surface area contributed by atoms with E-state index in [2.05, 4.69) is 10.6 Å². The third kappa shape index (κ3) is 6.39. The fourth-order valence-electron chi connectivity index (χ4n) is 3.08. The number of rotatable bonds is 7. The molecule has 170 valence electrons. The van der Waals surface area contributed by atoms with Crippen molar-refractivity contribution in [2.24, 2.45) is 0 Å². The summed E-state index contributed by atoms with van der Waals surface area (Å²) in [6.45, 7) is 8.90.